The van der Waals surface area contributed by atoms with Crippen molar-refractivity contribution in [3.8, 4) is 0 Å². The first kappa shape index (κ1) is 24.5. The van der Waals surface area contributed by atoms with Gasteiger partial charge in [0.05, 0.1) is 30.3 Å². The maximum Gasteiger partial charge on any atom is 0.348 e. The number of sulfone groups is 1. The number of carbonyl (C=O) groups excluding carboxylic acids is 3. The molecule has 0 saturated heterocycles. The lowest BCUT2D eigenvalue weighted by atomic mass is 9.79. The van der Waals surface area contributed by atoms with E-state index >= 15 is 0 Å². The van der Waals surface area contributed by atoms with Crippen LogP contribution in [-0.2, 0) is 30.5 Å². The lowest BCUT2D eigenvalue weighted by Crippen LogP contribution is -2.35. The molecule has 0 radical (unpaired) electrons. The van der Waals surface area contributed by atoms with Crippen molar-refractivity contribution in [2.24, 2.45) is 11.8 Å². The van der Waals surface area contributed by atoms with Crippen LogP contribution < -0.4 is 0 Å². The van der Waals surface area contributed by atoms with Gasteiger partial charge in [0.15, 0.2) is 9.84 Å². The average Bonchev–Trinajstić information content (AvgIpc) is 3.09. The standard InChI is InChI=1S/C21H30O7S2/c1-21(2,3)30(25,26)12-13-6-8-14(9-7-13)16(22)10-15-11-29-18(20(24)28-5)17(15)19(23)27-4/h11,13-14H,6-10,12H2,1-5H3. The molecule has 0 N–H and O–H groups in total. The second kappa shape index (κ2) is 9.60. The molecule has 1 aromatic rings. The Labute approximate surface area is 182 Å². The number of hydrogen-bond donors (Lipinski definition) is 0. The normalized spacial score (nSPS) is 19.9. The molecule has 0 aliphatic heterocycles. The van der Waals surface area contributed by atoms with Crippen LogP contribution in [-0.4, -0.2) is 50.9 Å². The summed E-state index contributed by atoms with van der Waals surface area (Å²) in [5, 5.41) is 1.62. The third kappa shape index (κ3) is 5.49. The highest BCUT2D eigenvalue weighted by Crippen LogP contribution is 2.34. The summed E-state index contributed by atoms with van der Waals surface area (Å²) in [7, 11) is -0.738. The number of esters is 2. The smallest absolute Gasteiger partial charge is 0.348 e. The van der Waals surface area contributed by atoms with Gasteiger partial charge in [-0.25, -0.2) is 18.0 Å². The zero-order valence-electron chi connectivity index (χ0n) is 18.1. The molecule has 0 aromatic carbocycles. The fourth-order valence-corrected chi connectivity index (χ4v) is 6.06. The van der Waals surface area contributed by atoms with Crippen molar-refractivity contribution in [3.05, 3.63) is 21.4 Å². The van der Waals surface area contributed by atoms with E-state index in [2.05, 4.69) is 0 Å². The van der Waals surface area contributed by atoms with Gasteiger partial charge in [-0.1, -0.05) is 0 Å². The maximum absolute atomic E-state index is 12.8. The summed E-state index contributed by atoms with van der Waals surface area (Å²) < 4.78 is 33.6. The molecule has 1 aromatic heterocycles. The number of hydrogen-bond acceptors (Lipinski definition) is 8. The Kier molecular flexibility index (Phi) is 7.85. The van der Waals surface area contributed by atoms with Gasteiger partial charge in [0.2, 0.25) is 0 Å². The molecule has 0 atom stereocenters. The predicted octanol–water partition coefficient (Wildman–Crippen LogP) is 3.45. The van der Waals surface area contributed by atoms with Crippen molar-refractivity contribution in [3.63, 3.8) is 0 Å². The minimum absolute atomic E-state index is 0.00787. The molecule has 1 fully saturated rings. The average molecular weight is 459 g/mol. The fraction of sp³-hybridized carbons (Fsp3) is 0.667. The maximum atomic E-state index is 12.8. The lowest BCUT2D eigenvalue weighted by Gasteiger charge is -2.30. The van der Waals surface area contributed by atoms with Gasteiger partial charge in [-0.3, -0.25) is 4.79 Å². The van der Waals surface area contributed by atoms with E-state index in [0.717, 1.165) is 11.3 Å². The Morgan fingerprint density at radius 1 is 1.03 bits per heavy atom. The highest BCUT2D eigenvalue weighted by Gasteiger charge is 2.35. The van der Waals surface area contributed by atoms with Crippen molar-refractivity contribution >= 4 is 38.9 Å². The van der Waals surface area contributed by atoms with E-state index < -0.39 is 26.5 Å². The summed E-state index contributed by atoms with van der Waals surface area (Å²) in [5.74, 6) is -1.28. The molecule has 7 nitrogen and oxygen atoms in total. The summed E-state index contributed by atoms with van der Waals surface area (Å²) >= 11 is 1.06. The van der Waals surface area contributed by atoms with Crippen LogP contribution >= 0.6 is 11.3 Å². The van der Waals surface area contributed by atoms with Crippen LogP contribution in [0.5, 0.6) is 0 Å². The molecule has 1 heterocycles. The lowest BCUT2D eigenvalue weighted by molar-refractivity contribution is -0.123. The number of carbonyl (C=O) groups is 3. The quantitative estimate of drug-likeness (QED) is 0.576. The van der Waals surface area contributed by atoms with E-state index in [1.165, 1.54) is 14.2 Å². The van der Waals surface area contributed by atoms with Gasteiger partial charge in [-0.15, -0.1) is 11.3 Å². The second-order valence-corrected chi connectivity index (χ2v) is 12.4. The van der Waals surface area contributed by atoms with Crippen LogP contribution in [0, 0.1) is 11.8 Å². The Morgan fingerprint density at radius 2 is 1.60 bits per heavy atom. The van der Waals surface area contributed by atoms with Gasteiger partial charge in [-0.2, -0.15) is 0 Å². The first-order chi connectivity index (χ1) is 13.9. The van der Waals surface area contributed by atoms with Gasteiger partial charge >= 0.3 is 11.9 Å². The second-order valence-electron chi connectivity index (χ2n) is 8.70. The van der Waals surface area contributed by atoms with Crippen LogP contribution in [0.25, 0.3) is 0 Å². The first-order valence-corrected chi connectivity index (χ1v) is 12.5. The summed E-state index contributed by atoms with van der Waals surface area (Å²) in [5.41, 5.74) is 0.558. The van der Waals surface area contributed by atoms with E-state index in [1.807, 2.05) is 0 Å². The van der Waals surface area contributed by atoms with Crippen LogP contribution in [0.15, 0.2) is 5.38 Å². The van der Waals surface area contributed by atoms with Gasteiger partial charge in [-0.05, 0) is 63.3 Å². The predicted molar refractivity (Wildman–Crippen MR) is 115 cm³/mol. The minimum atomic E-state index is -3.19. The van der Waals surface area contributed by atoms with Crippen LogP contribution in [0.1, 0.15) is 72.0 Å². The largest absolute Gasteiger partial charge is 0.465 e. The number of methoxy groups -OCH3 is 2. The molecule has 30 heavy (non-hydrogen) atoms. The van der Waals surface area contributed by atoms with Gasteiger partial charge < -0.3 is 9.47 Å². The number of ketones is 1. The molecule has 1 saturated carbocycles. The minimum Gasteiger partial charge on any atom is -0.465 e. The summed E-state index contributed by atoms with van der Waals surface area (Å²) in [6.45, 7) is 5.12. The monoisotopic (exact) mass is 458 g/mol. The summed E-state index contributed by atoms with van der Waals surface area (Å²) in [4.78, 5) is 37.1. The molecule has 0 bridgehead atoms. The van der Waals surface area contributed by atoms with Crippen molar-refractivity contribution in [2.45, 2.75) is 57.6 Å². The Morgan fingerprint density at radius 3 is 2.10 bits per heavy atom. The molecule has 2 rings (SSSR count). The molecule has 1 aliphatic rings. The fourth-order valence-electron chi connectivity index (χ4n) is 3.64. The van der Waals surface area contributed by atoms with E-state index in [-0.39, 0.29) is 40.2 Å². The van der Waals surface area contributed by atoms with Crippen LogP contribution in [0.4, 0.5) is 0 Å². The Bertz CT molecular complexity index is 898. The van der Waals surface area contributed by atoms with E-state index in [9.17, 15) is 22.8 Å². The van der Waals surface area contributed by atoms with Crippen LogP contribution in [0.3, 0.4) is 0 Å². The molecule has 0 unspecified atom stereocenters. The summed E-state index contributed by atoms with van der Waals surface area (Å²) in [6, 6.07) is 0. The topological polar surface area (TPSA) is 104 Å². The zero-order chi connectivity index (χ0) is 22.7. The number of ether oxygens (including phenoxy) is 2. The SMILES string of the molecule is COC(=O)c1scc(CC(=O)C2CCC(CS(=O)(=O)C(C)(C)C)CC2)c1C(=O)OC. The highest BCUT2D eigenvalue weighted by molar-refractivity contribution is 7.92. The summed E-state index contributed by atoms with van der Waals surface area (Å²) in [6.07, 6.45) is 2.67. The first-order valence-electron chi connectivity index (χ1n) is 9.93. The zero-order valence-corrected chi connectivity index (χ0v) is 19.8. The van der Waals surface area contributed by atoms with Gasteiger partial charge in [0.25, 0.3) is 0 Å². The molecule has 168 valence electrons. The van der Waals surface area contributed by atoms with Gasteiger partial charge in [0, 0.05) is 12.3 Å². The van der Waals surface area contributed by atoms with Gasteiger partial charge in [0.1, 0.15) is 10.7 Å². The Balaban J connectivity index is 2.04. The number of Topliss-reactive ketones (excluding diaryl/α,β-unsaturated/α-hetero) is 1. The Hall–Kier alpha value is -1.74. The van der Waals surface area contributed by atoms with Crippen molar-refractivity contribution < 1.29 is 32.3 Å². The molecule has 0 amide bonds. The van der Waals surface area contributed by atoms with Crippen molar-refractivity contribution in [1.29, 1.82) is 0 Å². The van der Waals surface area contributed by atoms with E-state index in [0.29, 0.717) is 31.2 Å². The molecule has 0 spiro atoms. The van der Waals surface area contributed by atoms with E-state index in [4.69, 9.17) is 9.47 Å². The third-order valence-corrected chi connectivity index (χ3v) is 9.47. The third-order valence-electron chi connectivity index (χ3n) is 5.68. The number of thiophene rings is 1. The van der Waals surface area contributed by atoms with Crippen LogP contribution in [0.2, 0.25) is 0 Å². The molecular weight excluding hydrogens is 428 g/mol. The highest BCUT2D eigenvalue weighted by atomic mass is 32.2. The van der Waals surface area contributed by atoms with Crippen molar-refractivity contribution in [1.82, 2.24) is 0 Å². The van der Waals surface area contributed by atoms with Crippen molar-refractivity contribution in [2.75, 3.05) is 20.0 Å². The molecular formula is C21H30O7S2. The molecule has 9 heteroatoms. The molecule has 1 aliphatic carbocycles. The number of rotatable bonds is 7. The van der Waals surface area contributed by atoms with E-state index in [1.54, 1.807) is 26.2 Å².